The number of carboxylic acid groups (broad SMARTS) is 1. The lowest BCUT2D eigenvalue weighted by Gasteiger charge is -2.14. The van der Waals surface area contributed by atoms with Crippen molar-refractivity contribution >= 4 is 16.9 Å². The van der Waals surface area contributed by atoms with Crippen LogP contribution in [0.25, 0.3) is 10.9 Å². The third-order valence-corrected chi connectivity index (χ3v) is 5.20. The molecule has 0 fully saturated rings. The van der Waals surface area contributed by atoms with Crippen molar-refractivity contribution in [1.82, 2.24) is 9.88 Å². The topological polar surface area (TPSA) is 70.2 Å². The zero-order chi connectivity index (χ0) is 21.1. The number of hydrogen-bond donors (Lipinski definition) is 1. The predicted molar refractivity (Wildman–Crippen MR) is 111 cm³/mol. The number of nitrogens with one attached hydrogen (secondary N) is 1. The maximum absolute atomic E-state index is 13.3. The molecule has 0 spiro atoms. The summed E-state index contributed by atoms with van der Waals surface area (Å²) in [5.74, 6) is -0.681. The number of carboxylic acids is 1. The molecule has 0 saturated carbocycles. The first-order valence-electron chi connectivity index (χ1n) is 9.83. The minimum atomic E-state index is -1.23. The molecule has 2 aromatic heterocycles. The Labute approximate surface area is 173 Å². The summed E-state index contributed by atoms with van der Waals surface area (Å²) < 4.78 is 20.4. The van der Waals surface area contributed by atoms with Gasteiger partial charge in [0, 0.05) is 42.5 Å². The molecule has 0 atom stereocenters. The van der Waals surface area contributed by atoms with Crippen LogP contribution in [0, 0.1) is 12.7 Å². The van der Waals surface area contributed by atoms with E-state index in [1.807, 2.05) is 37.3 Å². The van der Waals surface area contributed by atoms with E-state index >= 15 is 0 Å². The second kappa shape index (κ2) is 8.55. The molecular formula is C24H22FN2O3-. The van der Waals surface area contributed by atoms with Gasteiger partial charge in [-0.3, -0.25) is 0 Å². The molecular weight excluding hydrogens is 383 g/mol. The summed E-state index contributed by atoms with van der Waals surface area (Å²) in [6.07, 6.45) is 2.34. The van der Waals surface area contributed by atoms with Crippen molar-refractivity contribution in [2.24, 2.45) is 0 Å². The molecule has 4 rings (SSSR count). The van der Waals surface area contributed by atoms with Crippen molar-refractivity contribution in [2.45, 2.75) is 26.4 Å². The van der Waals surface area contributed by atoms with Crippen molar-refractivity contribution in [3.63, 3.8) is 0 Å². The Morgan fingerprint density at radius 2 is 1.97 bits per heavy atom. The SMILES string of the molecule is Cc1ccc2c(CNCCc3ccco3)c(C(=O)[O-])n(Cc3ccc(F)cc3)c2c1. The monoisotopic (exact) mass is 405 g/mol. The zero-order valence-electron chi connectivity index (χ0n) is 16.7. The summed E-state index contributed by atoms with van der Waals surface area (Å²) in [6, 6.07) is 15.7. The number of rotatable bonds is 8. The van der Waals surface area contributed by atoms with Gasteiger partial charge in [0.2, 0.25) is 0 Å². The maximum atomic E-state index is 13.3. The number of carbonyl (C=O) groups excluding carboxylic acids is 1. The van der Waals surface area contributed by atoms with Crippen LogP contribution in [-0.2, 0) is 19.5 Å². The molecule has 0 unspecified atom stereocenters. The van der Waals surface area contributed by atoms with Gasteiger partial charge in [0.05, 0.1) is 17.9 Å². The van der Waals surface area contributed by atoms with E-state index in [2.05, 4.69) is 5.32 Å². The van der Waals surface area contributed by atoms with Crippen molar-refractivity contribution in [2.75, 3.05) is 6.54 Å². The van der Waals surface area contributed by atoms with Gasteiger partial charge in [-0.1, -0.05) is 24.3 Å². The Hall–Kier alpha value is -3.38. The highest BCUT2D eigenvalue weighted by Crippen LogP contribution is 2.28. The highest BCUT2D eigenvalue weighted by atomic mass is 19.1. The van der Waals surface area contributed by atoms with Crippen LogP contribution in [0.4, 0.5) is 4.39 Å². The average molecular weight is 405 g/mol. The number of furan rings is 1. The molecule has 0 aliphatic carbocycles. The molecule has 5 nitrogen and oxygen atoms in total. The number of aromatic nitrogens is 1. The first kappa shape index (κ1) is 19.9. The van der Waals surface area contributed by atoms with E-state index in [9.17, 15) is 14.3 Å². The Bertz CT molecular complexity index is 1160. The van der Waals surface area contributed by atoms with Gasteiger partial charge in [0.1, 0.15) is 11.6 Å². The van der Waals surface area contributed by atoms with Crippen molar-refractivity contribution in [1.29, 1.82) is 0 Å². The Kier molecular flexibility index (Phi) is 5.68. The smallest absolute Gasteiger partial charge is 0.123 e. The van der Waals surface area contributed by atoms with Gasteiger partial charge >= 0.3 is 0 Å². The molecule has 0 aliphatic rings. The zero-order valence-corrected chi connectivity index (χ0v) is 16.7. The van der Waals surface area contributed by atoms with E-state index in [-0.39, 0.29) is 11.5 Å². The molecule has 2 aromatic carbocycles. The molecule has 2 heterocycles. The Balaban J connectivity index is 1.68. The van der Waals surface area contributed by atoms with Crippen molar-refractivity contribution in [3.05, 3.63) is 94.8 Å². The number of fused-ring (bicyclic) bond motifs is 1. The highest BCUT2D eigenvalue weighted by molar-refractivity contribution is 5.97. The molecule has 0 amide bonds. The van der Waals surface area contributed by atoms with Gasteiger partial charge < -0.3 is 24.2 Å². The lowest BCUT2D eigenvalue weighted by atomic mass is 10.1. The van der Waals surface area contributed by atoms with Crippen LogP contribution in [0.2, 0.25) is 0 Å². The second-order valence-corrected chi connectivity index (χ2v) is 7.35. The van der Waals surface area contributed by atoms with Crippen LogP contribution in [-0.4, -0.2) is 17.1 Å². The lowest BCUT2D eigenvalue weighted by molar-refractivity contribution is -0.255. The minimum Gasteiger partial charge on any atom is -0.543 e. The first-order chi connectivity index (χ1) is 14.5. The fraction of sp³-hybridized carbons (Fsp3) is 0.208. The van der Waals surface area contributed by atoms with Gasteiger partial charge in [0.25, 0.3) is 0 Å². The standard InChI is InChI=1S/C24H23FN2O3/c1-16-4-9-20-21(14-26-11-10-19-3-2-12-30-19)23(24(28)29)27(22(20)13-16)15-17-5-7-18(25)8-6-17/h2-9,12-13,26H,10-11,14-15H2,1H3,(H,28,29)/p-1. The Morgan fingerprint density at radius 3 is 2.67 bits per heavy atom. The van der Waals surface area contributed by atoms with E-state index in [1.165, 1.54) is 12.1 Å². The highest BCUT2D eigenvalue weighted by Gasteiger charge is 2.18. The predicted octanol–water partition coefficient (Wildman–Crippen LogP) is 3.43. The van der Waals surface area contributed by atoms with Crippen molar-refractivity contribution in [3.8, 4) is 0 Å². The van der Waals surface area contributed by atoms with Crippen LogP contribution in [0.1, 0.15) is 32.9 Å². The van der Waals surface area contributed by atoms with E-state index in [0.29, 0.717) is 31.6 Å². The molecule has 0 saturated heterocycles. The van der Waals surface area contributed by atoms with Crippen LogP contribution in [0.15, 0.2) is 65.3 Å². The number of benzene rings is 2. The summed E-state index contributed by atoms with van der Waals surface area (Å²) in [7, 11) is 0. The van der Waals surface area contributed by atoms with Crippen molar-refractivity contribution < 1.29 is 18.7 Å². The summed E-state index contributed by atoms with van der Waals surface area (Å²) in [5.41, 5.74) is 3.50. The number of aryl methyl sites for hydroxylation is 1. The largest absolute Gasteiger partial charge is 0.543 e. The van der Waals surface area contributed by atoms with Crippen LogP contribution < -0.4 is 10.4 Å². The molecule has 1 N–H and O–H groups in total. The van der Waals surface area contributed by atoms with Gasteiger partial charge in [-0.05, 0) is 48.4 Å². The van der Waals surface area contributed by atoms with E-state index in [4.69, 9.17) is 4.42 Å². The lowest BCUT2D eigenvalue weighted by Crippen LogP contribution is -2.28. The van der Waals surface area contributed by atoms with Gasteiger partial charge in [-0.25, -0.2) is 4.39 Å². The normalized spacial score (nSPS) is 11.3. The molecule has 0 radical (unpaired) electrons. The van der Waals surface area contributed by atoms with Crippen LogP contribution in [0.5, 0.6) is 0 Å². The number of carbonyl (C=O) groups is 1. The molecule has 6 heteroatoms. The third kappa shape index (κ3) is 4.14. The summed E-state index contributed by atoms with van der Waals surface area (Å²) >= 11 is 0. The molecule has 154 valence electrons. The molecule has 0 bridgehead atoms. The second-order valence-electron chi connectivity index (χ2n) is 7.35. The van der Waals surface area contributed by atoms with Gasteiger partial charge in [-0.15, -0.1) is 0 Å². The van der Waals surface area contributed by atoms with Crippen LogP contribution >= 0.6 is 0 Å². The summed E-state index contributed by atoms with van der Waals surface area (Å²) in [4.78, 5) is 12.1. The summed E-state index contributed by atoms with van der Waals surface area (Å²) in [6.45, 7) is 3.32. The number of aromatic carboxylic acids is 1. The molecule has 30 heavy (non-hydrogen) atoms. The van der Waals surface area contributed by atoms with Gasteiger partial charge in [-0.2, -0.15) is 0 Å². The van der Waals surface area contributed by atoms with E-state index in [0.717, 1.165) is 27.8 Å². The first-order valence-corrected chi connectivity index (χ1v) is 9.83. The summed E-state index contributed by atoms with van der Waals surface area (Å²) in [5, 5.41) is 16.3. The average Bonchev–Trinajstić information content (AvgIpc) is 3.33. The maximum Gasteiger partial charge on any atom is 0.123 e. The minimum absolute atomic E-state index is 0.144. The quantitative estimate of drug-likeness (QED) is 0.456. The fourth-order valence-electron chi connectivity index (χ4n) is 3.76. The number of halogens is 1. The number of nitrogens with zero attached hydrogens (tertiary/aromatic N) is 1. The Morgan fingerprint density at radius 1 is 1.17 bits per heavy atom. The molecule has 4 aromatic rings. The van der Waals surface area contributed by atoms with E-state index < -0.39 is 5.97 Å². The molecule has 0 aliphatic heterocycles. The fourth-order valence-corrected chi connectivity index (χ4v) is 3.76. The number of hydrogen-bond acceptors (Lipinski definition) is 4. The third-order valence-electron chi connectivity index (χ3n) is 5.20. The van der Waals surface area contributed by atoms with Gasteiger partial charge in [0.15, 0.2) is 0 Å². The van der Waals surface area contributed by atoms with Crippen LogP contribution in [0.3, 0.4) is 0 Å². The van der Waals surface area contributed by atoms with E-state index in [1.54, 1.807) is 23.0 Å².